The van der Waals surface area contributed by atoms with Gasteiger partial charge in [0.2, 0.25) is 16.3 Å². The molecule has 0 aromatic heterocycles. The maximum absolute atomic E-state index is 14.1. The summed E-state index contributed by atoms with van der Waals surface area (Å²) in [5.74, 6) is -0.886. The molecule has 7 nitrogen and oxygen atoms in total. The fourth-order valence-electron chi connectivity index (χ4n) is 3.33. The third kappa shape index (κ3) is 5.06. The van der Waals surface area contributed by atoms with Crippen molar-refractivity contribution in [1.82, 2.24) is 0 Å². The average molecular weight is 457 g/mol. The summed E-state index contributed by atoms with van der Waals surface area (Å²) in [6.07, 6.45) is 0.305. The summed E-state index contributed by atoms with van der Waals surface area (Å²) >= 11 is 0. The van der Waals surface area contributed by atoms with Gasteiger partial charge in [0.1, 0.15) is 18.2 Å². The van der Waals surface area contributed by atoms with Crippen LogP contribution in [0, 0.1) is 5.82 Å². The number of carbonyl (C=O) groups is 1. The predicted molar refractivity (Wildman–Crippen MR) is 115 cm³/mol. The highest BCUT2D eigenvalue weighted by molar-refractivity contribution is 7.92. The van der Waals surface area contributed by atoms with Crippen LogP contribution in [0.3, 0.4) is 0 Å². The molecule has 1 unspecified atom stereocenters. The zero-order valence-corrected chi connectivity index (χ0v) is 17.9. The van der Waals surface area contributed by atoms with Crippen LogP contribution in [-0.4, -0.2) is 20.6 Å². The first-order valence-electron chi connectivity index (χ1n) is 9.68. The SMILES string of the molecule is CS(=O)(=O)Nc1ccccc1C(=O)OCc1cc(F)cc2c1OC(c1ccccc1)OC2. The van der Waals surface area contributed by atoms with Gasteiger partial charge in [-0.2, -0.15) is 0 Å². The van der Waals surface area contributed by atoms with Crippen LogP contribution < -0.4 is 9.46 Å². The van der Waals surface area contributed by atoms with Crippen molar-refractivity contribution in [3.05, 3.63) is 94.8 Å². The molecule has 0 amide bonds. The van der Waals surface area contributed by atoms with Gasteiger partial charge in [0, 0.05) is 16.7 Å². The Kier molecular flexibility index (Phi) is 6.11. The van der Waals surface area contributed by atoms with Crippen molar-refractivity contribution in [1.29, 1.82) is 0 Å². The normalized spacial score (nSPS) is 15.4. The molecule has 9 heteroatoms. The van der Waals surface area contributed by atoms with Gasteiger partial charge in [-0.3, -0.25) is 4.72 Å². The van der Waals surface area contributed by atoms with E-state index < -0.39 is 28.1 Å². The van der Waals surface area contributed by atoms with Crippen molar-refractivity contribution in [2.45, 2.75) is 19.5 Å². The van der Waals surface area contributed by atoms with E-state index in [1.165, 1.54) is 24.3 Å². The van der Waals surface area contributed by atoms with Crippen LogP contribution in [0.15, 0.2) is 66.7 Å². The summed E-state index contributed by atoms with van der Waals surface area (Å²) in [5, 5.41) is 0. The molecule has 4 rings (SSSR count). The number of ether oxygens (including phenoxy) is 3. The van der Waals surface area contributed by atoms with E-state index in [4.69, 9.17) is 14.2 Å². The fraction of sp³-hybridized carbons (Fsp3) is 0.174. The minimum Gasteiger partial charge on any atom is -0.460 e. The molecule has 0 bridgehead atoms. The molecule has 3 aromatic rings. The number of hydrogen-bond donors (Lipinski definition) is 1. The first-order chi connectivity index (χ1) is 15.3. The zero-order valence-electron chi connectivity index (χ0n) is 17.1. The molecule has 166 valence electrons. The number of carbonyl (C=O) groups excluding carboxylic acids is 1. The number of rotatable bonds is 6. The lowest BCUT2D eigenvalue weighted by atomic mass is 10.1. The van der Waals surface area contributed by atoms with E-state index in [1.54, 1.807) is 12.1 Å². The van der Waals surface area contributed by atoms with Crippen molar-refractivity contribution in [3.8, 4) is 5.75 Å². The molecular formula is C23H20FNO6S. The quantitative estimate of drug-likeness (QED) is 0.559. The molecule has 1 N–H and O–H groups in total. The van der Waals surface area contributed by atoms with Gasteiger partial charge < -0.3 is 14.2 Å². The van der Waals surface area contributed by atoms with Gasteiger partial charge in [-0.05, 0) is 24.3 Å². The molecule has 0 spiro atoms. The number of hydrogen-bond acceptors (Lipinski definition) is 6. The van der Waals surface area contributed by atoms with Crippen LogP contribution in [0.1, 0.15) is 33.3 Å². The molecule has 1 atom stereocenters. The molecule has 1 aliphatic heterocycles. The molecule has 1 aliphatic rings. The Labute approximate surface area is 184 Å². The van der Waals surface area contributed by atoms with Crippen molar-refractivity contribution in [3.63, 3.8) is 0 Å². The topological polar surface area (TPSA) is 90.9 Å². The Morgan fingerprint density at radius 1 is 1.12 bits per heavy atom. The third-order valence-corrected chi connectivity index (χ3v) is 5.29. The molecule has 0 aliphatic carbocycles. The highest BCUT2D eigenvalue weighted by Gasteiger charge is 2.26. The molecule has 0 radical (unpaired) electrons. The summed E-state index contributed by atoms with van der Waals surface area (Å²) in [4.78, 5) is 12.6. The molecule has 0 saturated heterocycles. The molecule has 1 heterocycles. The monoisotopic (exact) mass is 457 g/mol. The lowest BCUT2D eigenvalue weighted by molar-refractivity contribution is -0.112. The van der Waals surface area contributed by atoms with E-state index >= 15 is 0 Å². The summed E-state index contributed by atoms with van der Waals surface area (Å²) in [6, 6.07) is 17.9. The predicted octanol–water partition coefficient (Wildman–Crippen LogP) is 4.16. The van der Waals surface area contributed by atoms with E-state index in [0.717, 1.165) is 11.8 Å². The summed E-state index contributed by atoms with van der Waals surface area (Å²) in [6.45, 7) is -0.137. The van der Waals surface area contributed by atoms with Gasteiger partial charge >= 0.3 is 5.97 Å². The van der Waals surface area contributed by atoms with Gasteiger partial charge in [-0.15, -0.1) is 0 Å². The Hall–Kier alpha value is -3.43. The molecule has 0 fully saturated rings. The van der Waals surface area contributed by atoms with Gasteiger partial charge in [0.15, 0.2) is 0 Å². The van der Waals surface area contributed by atoms with Gasteiger partial charge in [-0.1, -0.05) is 42.5 Å². The van der Waals surface area contributed by atoms with E-state index in [2.05, 4.69) is 4.72 Å². The first-order valence-corrected chi connectivity index (χ1v) is 11.6. The second kappa shape index (κ2) is 8.97. The van der Waals surface area contributed by atoms with E-state index in [9.17, 15) is 17.6 Å². The number of halogens is 1. The third-order valence-electron chi connectivity index (χ3n) is 4.70. The molecule has 3 aromatic carbocycles. The van der Waals surface area contributed by atoms with Gasteiger partial charge in [0.25, 0.3) is 0 Å². The summed E-state index contributed by atoms with van der Waals surface area (Å²) < 4.78 is 56.6. The lowest BCUT2D eigenvalue weighted by Gasteiger charge is -2.28. The van der Waals surface area contributed by atoms with E-state index in [0.29, 0.717) is 16.9 Å². The van der Waals surface area contributed by atoms with Crippen molar-refractivity contribution >= 4 is 21.7 Å². The lowest BCUT2D eigenvalue weighted by Crippen LogP contribution is -2.20. The minimum atomic E-state index is -3.59. The van der Waals surface area contributed by atoms with Crippen molar-refractivity contribution < 1.29 is 31.8 Å². The smallest absolute Gasteiger partial charge is 0.340 e. The van der Waals surface area contributed by atoms with Crippen LogP contribution in [0.5, 0.6) is 5.75 Å². The molecular weight excluding hydrogens is 437 g/mol. The molecule has 0 saturated carbocycles. The number of esters is 1. The van der Waals surface area contributed by atoms with Crippen LogP contribution >= 0.6 is 0 Å². The van der Waals surface area contributed by atoms with Gasteiger partial charge in [0.05, 0.1) is 24.1 Å². The maximum Gasteiger partial charge on any atom is 0.340 e. The van der Waals surface area contributed by atoms with Crippen LogP contribution in [-0.2, 0) is 32.7 Å². The highest BCUT2D eigenvalue weighted by Crippen LogP contribution is 2.37. The number of fused-ring (bicyclic) bond motifs is 1. The molecule has 32 heavy (non-hydrogen) atoms. The van der Waals surface area contributed by atoms with Crippen LogP contribution in [0.25, 0.3) is 0 Å². The second-order valence-corrected chi connectivity index (χ2v) is 8.97. The Morgan fingerprint density at radius 2 is 1.84 bits per heavy atom. The zero-order chi connectivity index (χ0) is 22.7. The highest BCUT2D eigenvalue weighted by atomic mass is 32.2. The number of benzene rings is 3. The standard InChI is InChI=1S/C23H20FNO6S/c1-32(27,28)25-20-10-6-5-9-19(20)22(26)29-13-16-11-18(24)12-17-14-30-23(31-21(16)17)15-7-3-2-4-8-15/h2-12,23,25H,13-14H2,1H3. The number of sulfonamides is 1. The maximum atomic E-state index is 14.1. The summed E-state index contributed by atoms with van der Waals surface area (Å²) in [7, 11) is -3.59. The van der Waals surface area contributed by atoms with Crippen LogP contribution in [0.4, 0.5) is 10.1 Å². The van der Waals surface area contributed by atoms with Gasteiger partial charge in [-0.25, -0.2) is 17.6 Å². The number of nitrogens with one attached hydrogen (secondary N) is 1. The minimum absolute atomic E-state index is 0.0367. The summed E-state index contributed by atoms with van der Waals surface area (Å²) in [5.41, 5.74) is 1.77. The van der Waals surface area contributed by atoms with E-state index in [-0.39, 0.29) is 24.5 Å². The number of anilines is 1. The second-order valence-electron chi connectivity index (χ2n) is 7.22. The average Bonchev–Trinajstić information content (AvgIpc) is 2.77. The Balaban J connectivity index is 1.55. The van der Waals surface area contributed by atoms with E-state index in [1.807, 2.05) is 30.3 Å². The van der Waals surface area contributed by atoms with Crippen LogP contribution in [0.2, 0.25) is 0 Å². The Morgan fingerprint density at radius 3 is 2.59 bits per heavy atom. The van der Waals surface area contributed by atoms with Crippen molar-refractivity contribution in [2.24, 2.45) is 0 Å². The number of para-hydroxylation sites is 1. The first kappa shape index (κ1) is 21.8. The van der Waals surface area contributed by atoms with Crippen molar-refractivity contribution in [2.75, 3.05) is 11.0 Å². The largest absolute Gasteiger partial charge is 0.460 e. The Bertz CT molecular complexity index is 1250. The fourth-order valence-corrected chi connectivity index (χ4v) is 3.91.